The van der Waals surface area contributed by atoms with Crippen LogP contribution in [0.5, 0.6) is 0 Å². The lowest BCUT2D eigenvalue weighted by atomic mass is 10.1. The summed E-state index contributed by atoms with van der Waals surface area (Å²) in [7, 11) is 0. The molecule has 0 aromatic carbocycles. The van der Waals surface area contributed by atoms with Crippen molar-refractivity contribution in [2.24, 2.45) is 0 Å². The average Bonchev–Trinajstić information content (AvgIpc) is 2.74. The SMILES string of the molecule is CCCCN(Cc1ccnc(-c2cc(CN(CCCC)C(S)S)ccn2)c1)C(S)S. The Kier molecular flexibility index (Phi) is 12.0. The zero-order valence-corrected chi connectivity index (χ0v) is 21.4. The van der Waals surface area contributed by atoms with Gasteiger partial charge in [-0.1, -0.05) is 26.7 Å². The zero-order valence-electron chi connectivity index (χ0n) is 17.9. The fraction of sp³-hybridized carbons (Fsp3) is 0.545. The van der Waals surface area contributed by atoms with E-state index in [9.17, 15) is 0 Å². The van der Waals surface area contributed by atoms with Crippen molar-refractivity contribution in [3.63, 3.8) is 0 Å². The molecule has 2 aromatic rings. The van der Waals surface area contributed by atoms with E-state index in [1.807, 2.05) is 12.4 Å². The van der Waals surface area contributed by atoms with E-state index in [4.69, 9.17) is 0 Å². The van der Waals surface area contributed by atoms with E-state index in [0.29, 0.717) is 0 Å². The Morgan fingerprint density at radius 1 is 0.733 bits per heavy atom. The highest BCUT2D eigenvalue weighted by Crippen LogP contribution is 2.21. The molecule has 30 heavy (non-hydrogen) atoms. The van der Waals surface area contributed by atoms with Gasteiger partial charge in [0.15, 0.2) is 0 Å². The van der Waals surface area contributed by atoms with Crippen molar-refractivity contribution < 1.29 is 0 Å². The summed E-state index contributed by atoms with van der Waals surface area (Å²) in [6.45, 7) is 7.92. The largest absolute Gasteiger partial charge is 0.279 e. The number of aromatic nitrogens is 2. The van der Waals surface area contributed by atoms with Crippen LogP contribution in [0, 0.1) is 0 Å². The summed E-state index contributed by atoms with van der Waals surface area (Å²) < 4.78 is -0.168. The molecule has 0 aliphatic heterocycles. The highest BCUT2D eigenvalue weighted by Gasteiger charge is 2.14. The molecule has 0 bridgehead atoms. The van der Waals surface area contributed by atoms with Crippen LogP contribution < -0.4 is 0 Å². The van der Waals surface area contributed by atoms with Crippen molar-refractivity contribution in [3.05, 3.63) is 47.8 Å². The molecule has 0 aliphatic carbocycles. The van der Waals surface area contributed by atoms with Crippen molar-refractivity contribution in [1.82, 2.24) is 19.8 Å². The van der Waals surface area contributed by atoms with Gasteiger partial charge in [0.2, 0.25) is 0 Å². The Labute approximate surface area is 203 Å². The summed E-state index contributed by atoms with van der Waals surface area (Å²) in [5.41, 5.74) is 4.14. The second kappa shape index (κ2) is 13.9. The number of thiol groups is 4. The lowest BCUT2D eigenvalue weighted by Gasteiger charge is -2.25. The summed E-state index contributed by atoms with van der Waals surface area (Å²) in [5.74, 6) is 0. The number of pyridine rings is 2. The summed E-state index contributed by atoms with van der Waals surface area (Å²) in [4.78, 5) is 13.6. The summed E-state index contributed by atoms with van der Waals surface area (Å²) in [6.07, 6.45) is 8.27. The highest BCUT2D eigenvalue weighted by atomic mass is 32.2. The van der Waals surface area contributed by atoms with Crippen LogP contribution in [0.15, 0.2) is 36.7 Å². The number of unbranched alkanes of at least 4 members (excludes halogenated alkanes) is 2. The molecule has 0 N–H and O–H groups in total. The van der Waals surface area contributed by atoms with E-state index < -0.39 is 0 Å². The van der Waals surface area contributed by atoms with Crippen LogP contribution in [0.1, 0.15) is 50.7 Å². The molecule has 0 spiro atoms. The summed E-state index contributed by atoms with van der Waals surface area (Å²) in [6, 6.07) is 8.33. The van der Waals surface area contributed by atoms with E-state index in [1.165, 1.54) is 11.1 Å². The Morgan fingerprint density at radius 3 is 1.47 bits per heavy atom. The van der Waals surface area contributed by atoms with Gasteiger partial charge in [0.05, 0.1) is 20.8 Å². The van der Waals surface area contributed by atoms with Crippen molar-refractivity contribution in [1.29, 1.82) is 0 Å². The second-order valence-corrected chi connectivity index (χ2v) is 10.2. The third-order valence-electron chi connectivity index (χ3n) is 4.93. The Hall–Kier alpha value is -0.380. The maximum atomic E-state index is 4.57. The van der Waals surface area contributed by atoms with Gasteiger partial charge in [0.1, 0.15) is 0 Å². The molecule has 0 fully saturated rings. The van der Waals surface area contributed by atoms with Crippen molar-refractivity contribution >= 4 is 50.5 Å². The maximum absolute atomic E-state index is 4.57. The van der Waals surface area contributed by atoms with Gasteiger partial charge in [0.25, 0.3) is 0 Å². The first-order valence-electron chi connectivity index (χ1n) is 10.5. The molecule has 166 valence electrons. The van der Waals surface area contributed by atoms with Gasteiger partial charge in [-0.3, -0.25) is 19.8 Å². The highest BCUT2D eigenvalue weighted by molar-refractivity contribution is 7.99. The molecule has 0 radical (unpaired) electrons. The van der Waals surface area contributed by atoms with E-state index in [2.05, 4.69) is 108 Å². The van der Waals surface area contributed by atoms with E-state index in [-0.39, 0.29) is 9.41 Å². The molecular weight excluding hydrogens is 449 g/mol. The van der Waals surface area contributed by atoms with Crippen LogP contribution >= 0.6 is 50.5 Å². The molecule has 0 saturated carbocycles. The van der Waals surface area contributed by atoms with Gasteiger partial charge in [0, 0.05) is 38.6 Å². The van der Waals surface area contributed by atoms with Crippen molar-refractivity contribution in [2.45, 2.75) is 62.0 Å². The minimum atomic E-state index is -0.0841. The molecule has 2 rings (SSSR count). The Bertz CT molecular complexity index is 694. The quantitative estimate of drug-likeness (QED) is 0.220. The molecule has 0 unspecified atom stereocenters. The Balaban J connectivity index is 2.16. The summed E-state index contributed by atoms with van der Waals surface area (Å²) >= 11 is 18.1. The van der Waals surface area contributed by atoms with Crippen molar-refractivity contribution in [3.8, 4) is 11.4 Å². The van der Waals surface area contributed by atoms with E-state index in [0.717, 1.165) is 63.3 Å². The predicted octanol–water partition coefficient (Wildman–Crippen LogP) is 5.63. The maximum Gasteiger partial charge on any atom is 0.0972 e. The van der Waals surface area contributed by atoms with Gasteiger partial charge in [-0.25, -0.2) is 0 Å². The first-order valence-corrected chi connectivity index (χ1v) is 12.6. The fourth-order valence-electron chi connectivity index (χ4n) is 3.17. The van der Waals surface area contributed by atoms with E-state index in [1.54, 1.807) is 0 Å². The summed E-state index contributed by atoms with van der Waals surface area (Å²) in [5, 5.41) is 0. The van der Waals surface area contributed by atoms with Crippen LogP contribution in [-0.4, -0.2) is 42.3 Å². The molecule has 8 heteroatoms. The molecule has 2 heterocycles. The average molecular weight is 483 g/mol. The van der Waals surface area contributed by atoms with Gasteiger partial charge in [-0.15, -0.1) is 50.5 Å². The van der Waals surface area contributed by atoms with Gasteiger partial charge in [-0.05, 0) is 48.2 Å². The smallest absolute Gasteiger partial charge is 0.0972 e. The zero-order chi connectivity index (χ0) is 21.9. The third kappa shape index (κ3) is 8.63. The third-order valence-corrected chi connectivity index (χ3v) is 6.24. The van der Waals surface area contributed by atoms with Gasteiger partial charge in [-0.2, -0.15) is 0 Å². The molecular formula is C22H34N4S4. The normalized spacial score (nSPS) is 11.9. The van der Waals surface area contributed by atoms with Crippen LogP contribution in [0.2, 0.25) is 0 Å². The van der Waals surface area contributed by atoms with Crippen LogP contribution in [0.4, 0.5) is 0 Å². The lowest BCUT2D eigenvalue weighted by molar-refractivity contribution is 0.292. The van der Waals surface area contributed by atoms with Gasteiger partial charge >= 0.3 is 0 Å². The predicted molar refractivity (Wildman–Crippen MR) is 142 cm³/mol. The molecule has 0 aliphatic rings. The number of hydrogen-bond acceptors (Lipinski definition) is 8. The number of nitrogens with zero attached hydrogens (tertiary/aromatic N) is 4. The number of hydrogen-bond donors (Lipinski definition) is 4. The first-order chi connectivity index (χ1) is 14.4. The monoisotopic (exact) mass is 482 g/mol. The van der Waals surface area contributed by atoms with E-state index >= 15 is 0 Å². The number of rotatable bonds is 13. The minimum absolute atomic E-state index is 0.0841. The van der Waals surface area contributed by atoms with Crippen LogP contribution in [-0.2, 0) is 13.1 Å². The molecule has 0 atom stereocenters. The van der Waals surface area contributed by atoms with Crippen LogP contribution in [0.3, 0.4) is 0 Å². The van der Waals surface area contributed by atoms with Gasteiger partial charge < -0.3 is 0 Å². The standard InChI is InChI=1S/C22H34N4S4/c1-3-5-11-25(21(27)28)15-17-7-9-23-19(13-17)20-14-18(8-10-24-20)16-26(22(29)30)12-6-4-2/h7-10,13-14,21-22,27-30H,3-6,11-12,15-16H2,1-2H3. The topological polar surface area (TPSA) is 32.3 Å². The second-order valence-electron chi connectivity index (χ2n) is 7.44. The Morgan fingerprint density at radius 2 is 1.13 bits per heavy atom. The molecule has 4 nitrogen and oxygen atoms in total. The lowest BCUT2D eigenvalue weighted by Crippen LogP contribution is -2.28. The molecule has 2 aromatic heterocycles. The van der Waals surface area contributed by atoms with Crippen LogP contribution in [0.25, 0.3) is 11.4 Å². The fourth-order valence-corrected chi connectivity index (χ4v) is 3.96. The molecule has 0 saturated heterocycles. The minimum Gasteiger partial charge on any atom is -0.279 e. The van der Waals surface area contributed by atoms with Crippen molar-refractivity contribution in [2.75, 3.05) is 13.1 Å². The molecule has 0 amide bonds. The first kappa shape index (κ1) is 25.9.